The predicted molar refractivity (Wildman–Crippen MR) is 89.1 cm³/mol. The number of hydrogen-bond acceptors (Lipinski definition) is 5. The first-order chi connectivity index (χ1) is 11.0. The smallest absolute Gasteiger partial charge is 0.337 e. The van der Waals surface area contributed by atoms with Crippen LogP contribution in [0, 0.1) is 18.3 Å². The summed E-state index contributed by atoms with van der Waals surface area (Å²) in [5.74, 6) is -0.945. The number of hydrogen-bond donors (Lipinski definition) is 1. The van der Waals surface area contributed by atoms with Crippen LogP contribution in [-0.4, -0.2) is 19.0 Å². The molecule has 1 heterocycles. The number of anilines is 1. The second kappa shape index (κ2) is 7.38. The monoisotopic (exact) mass is 326 g/mol. The van der Waals surface area contributed by atoms with Gasteiger partial charge in [0.15, 0.2) is 0 Å². The second-order valence-corrected chi connectivity index (χ2v) is 5.61. The topological polar surface area (TPSA) is 79.2 Å². The van der Waals surface area contributed by atoms with Crippen molar-refractivity contribution >= 4 is 35.0 Å². The Labute approximate surface area is 137 Å². The van der Waals surface area contributed by atoms with E-state index < -0.39 is 11.9 Å². The molecule has 0 saturated carbocycles. The van der Waals surface area contributed by atoms with Crippen molar-refractivity contribution in [3.63, 3.8) is 0 Å². The first kappa shape index (κ1) is 16.5. The maximum atomic E-state index is 12.2. The Balaban J connectivity index is 2.14. The molecule has 23 heavy (non-hydrogen) atoms. The first-order valence-electron chi connectivity index (χ1n) is 6.70. The molecule has 1 amide bonds. The van der Waals surface area contributed by atoms with Gasteiger partial charge in [-0.2, -0.15) is 5.26 Å². The number of carbonyl (C=O) groups excluding carboxylic acids is 2. The van der Waals surface area contributed by atoms with Crippen LogP contribution in [0.4, 0.5) is 5.69 Å². The average Bonchev–Trinajstić information content (AvgIpc) is 2.97. The molecule has 2 rings (SSSR count). The lowest BCUT2D eigenvalue weighted by molar-refractivity contribution is -0.112. The number of methoxy groups -OCH3 is 1. The molecule has 0 spiro atoms. The zero-order valence-electron chi connectivity index (χ0n) is 12.6. The Morgan fingerprint density at radius 3 is 2.48 bits per heavy atom. The number of nitriles is 1. The molecule has 0 aliphatic carbocycles. The number of nitrogens with zero attached hydrogens (tertiary/aromatic N) is 1. The number of amides is 1. The SMILES string of the molecule is COC(=O)c1ccc(NC(=O)/C(C#N)=C/c2sccc2C)cc1. The number of aryl methyl sites for hydroxylation is 1. The predicted octanol–water partition coefficient (Wildman–Crippen LogP) is 3.39. The summed E-state index contributed by atoms with van der Waals surface area (Å²) in [5, 5.41) is 13.7. The van der Waals surface area contributed by atoms with E-state index in [0.29, 0.717) is 11.3 Å². The largest absolute Gasteiger partial charge is 0.465 e. The molecule has 0 radical (unpaired) electrons. The van der Waals surface area contributed by atoms with Gasteiger partial charge in [-0.15, -0.1) is 11.3 Å². The number of carbonyl (C=O) groups is 2. The molecule has 0 aliphatic rings. The van der Waals surface area contributed by atoms with Gasteiger partial charge in [0.1, 0.15) is 11.6 Å². The van der Waals surface area contributed by atoms with E-state index in [1.54, 1.807) is 30.3 Å². The molecule has 0 atom stereocenters. The van der Waals surface area contributed by atoms with Crippen LogP contribution in [0.2, 0.25) is 0 Å². The summed E-state index contributed by atoms with van der Waals surface area (Å²) in [5.41, 5.74) is 1.91. The van der Waals surface area contributed by atoms with Crippen LogP contribution in [0.15, 0.2) is 41.3 Å². The van der Waals surface area contributed by atoms with Crippen LogP contribution in [0.25, 0.3) is 6.08 Å². The van der Waals surface area contributed by atoms with Crippen molar-refractivity contribution in [2.24, 2.45) is 0 Å². The van der Waals surface area contributed by atoms with Gasteiger partial charge in [0.2, 0.25) is 0 Å². The van der Waals surface area contributed by atoms with Crippen LogP contribution in [-0.2, 0) is 9.53 Å². The third kappa shape index (κ3) is 4.05. The minimum Gasteiger partial charge on any atom is -0.465 e. The molecule has 0 bridgehead atoms. The fourth-order valence-electron chi connectivity index (χ4n) is 1.82. The molecular formula is C17H14N2O3S. The minimum atomic E-state index is -0.494. The Morgan fingerprint density at radius 1 is 1.26 bits per heavy atom. The normalized spacial score (nSPS) is 10.7. The van der Waals surface area contributed by atoms with E-state index in [4.69, 9.17) is 0 Å². The number of thiophene rings is 1. The van der Waals surface area contributed by atoms with E-state index in [9.17, 15) is 14.9 Å². The van der Waals surface area contributed by atoms with Crippen LogP contribution in [0.1, 0.15) is 20.8 Å². The zero-order chi connectivity index (χ0) is 16.8. The van der Waals surface area contributed by atoms with Gasteiger partial charge in [-0.3, -0.25) is 4.79 Å². The number of benzene rings is 1. The highest BCUT2D eigenvalue weighted by molar-refractivity contribution is 7.11. The van der Waals surface area contributed by atoms with Crippen LogP contribution in [0.3, 0.4) is 0 Å². The number of ether oxygens (including phenoxy) is 1. The third-order valence-corrected chi connectivity index (χ3v) is 4.07. The molecule has 0 fully saturated rings. The third-order valence-electron chi connectivity index (χ3n) is 3.11. The van der Waals surface area contributed by atoms with Crippen molar-refractivity contribution in [3.05, 3.63) is 57.3 Å². The summed E-state index contributed by atoms with van der Waals surface area (Å²) in [6.07, 6.45) is 1.57. The van der Waals surface area contributed by atoms with Crippen LogP contribution < -0.4 is 5.32 Å². The summed E-state index contributed by atoms with van der Waals surface area (Å²) in [4.78, 5) is 24.4. The Kier molecular flexibility index (Phi) is 5.28. The minimum absolute atomic E-state index is 0.0209. The molecule has 5 nitrogen and oxygen atoms in total. The van der Waals surface area contributed by atoms with E-state index in [2.05, 4.69) is 10.1 Å². The fourth-order valence-corrected chi connectivity index (χ4v) is 2.68. The first-order valence-corrected chi connectivity index (χ1v) is 7.58. The molecule has 1 aromatic heterocycles. The van der Waals surface area contributed by atoms with Crippen molar-refractivity contribution in [1.29, 1.82) is 5.26 Å². The molecule has 1 aromatic carbocycles. The summed E-state index contributed by atoms with van der Waals surface area (Å²) in [6, 6.07) is 10.1. The molecule has 6 heteroatoms. The van der Waals surface area contributed by atoms with E-state index in [-0.39, 0.29) is 5.57 Å². The van der Waals surface area contributed by atoms with Crippen molar-refractivity contribution in [3.8, 4) is 6.07 Å². The van der Waals surface area contributed by atoms with Gasteiger partial charge in [0.05, 0.1) is 12.7 Å². The standard InChI is InChI=1S/C17H14N2O3S/c1-11-7-8-23-15(11)9-13(10-18)16(20)19-14-5-3-12(4-6-14)17(21)22-2/h3-9H,1-2H3,(H,19,20)/b13-9+. The Morgan fingerprint density at radius 2 is 1.96 bits per heavy atom. The molecule has 2 aromatic rings. The van der Waals surface area contributed by atoms with Gasteiger partial charge in [-0.1, -0.05) is 0 Å². The molecule has 116 valence electrons. The maximum absolute atomic E-state index is 12.2. The lowest BCUT2D eigenvalue weighted by Crippen LogP contribution is -2.13. The van der Waals surface area contributed by atoms with E-state index in [1.807, 2.05) is 24.4 Å². The molecule has 0 aliphatic heterocycles. The van der Waals surface area contributed by atoms with E-state index in [0.717, 1.165) is 10.4 Å². The van der Waals surface area contributed by atoms with Gasteiger partial charge >= 0.3 is 5.97 Å². The van der Waals surface area contributed by atoms with Crippen LogP contribution >= 0.6 is 11.3 Å². The van der Waals surface area contributed by atoms with Crippen molar-refractivity contribution in [2.75, 3.05) is 12.4 Å². The Hall–Kier alpha value is -2.91. The lowest BCUT2D eigenvalue weighted by Gasteiger charge is -2.05. The highest BCUT2D eigenvalue weighted by Crippen LogP contribution is 2.20. The number of rotatable bonds is 4. The molecular weight excluding hydrogens is 312 g/mol. The summed E-state index contributed by atoms with van der Waals surface area (Å²) in [7, 11) is 1.30. The number of nitrogens with one attached hydrogen (secondary N) is 1. The maximum Gasteiger partial charge on any atom is 0.337 e. The summed E-state index contributed by atoms with van der Waals surface area (Å²) >= 11 is 1.47. The van der Waals surface area contributed by atoms with Crippen molar-refractivity contribution in [2.45, 2.75) is 6.92 Å². The highest BCUT2D eigenvalue weighted by atomic mass is 32.1. The number of esters is 1. The second-order valence-electron chi connectivity index (χ2n) is 4.66. The molecule has 0 saturated heterocycles. The van der Waals surface area contributed by atoms with Gasteiger partial charge in [0, 0.05) is 10.6 Å². The lowest BCUT2D eigenvalue weighted by atomic mass is 10.1. The summed E-state index contributed by atoms with van der Waals surface area (Å²) < 4.78 is 4.61. The highest BCUT2D eigenvalue weighted by Gasteiger charge is 2.11. The molecule has 0 unspecified atom stereocenters. The van der Waals surface area contributed by atoms with Crippen LogP contribution in [0.5, 0.6) is 0 Å². The zero-order valence-corrected chi connectivity index (χ0v) is 13.4. The van der Waals surface area contributed by atoms with Gasteiger partial charge < -0.3 is 10.1 Å². The fraction of sp³-hybridized carbons (Fsp3) is 0.118. The van der Waals surface area contributed by atoms with E-state index >= 15 is 0 Å². The van der Waals surface area contributed by atoms with Crippen molar-refractivity contribution in [1.82, 2.24) is 0 Å². The van der Waals surface area contributed by atoms with Crippen molar-refractivity contribution < 1.29 is 14.3 Å². The van der Waals surface area contributed by atoms with E-state index in [1.165, 1.54) is 18.4 Å². The quantitative estimate of drug-likeness (QED) is 0.530. The van der Waals surface area contributed by atoms with Gasteiger partial charge in [-0.25, -0.2) is 4.79 Å². The Bertz CT molecular complexity index is 798. The van der Waals surface area contributed by atoms with Gasteiger partial charge in [0.25, 0.3) is 5.91 Å². The summed E-state index contributed by atoms with van der Waals surface area (Å²) in [6.45, 7) is 1.92. The average molecular weight is 326 g/mol. The van der Waals surface area contributed by atoms with Gasteiger partial charge in [-0.05, 0) is 54.3 Å². The molecule has 1 N–H and O–H groups in total.